The summed E-state index contributed by atoms with van der Waals surface area (Å²) in [4.78, 5) is 19.7. The van der Waals surface area contributed by atoms with Gasteiger partial charge in [-0.1, -0.05) is 13.0 Å². The van der Waals surface area contributed by atoms with Crippen LogP contribution >= 0.6 is 0 Å². The number of carbonyl (C=O) groups excluding carboxylic acids is 1. The largest absolute Gasteiger partial charge is 0.493 e. The highest BCUT2D eigenvalue weighted by molar-refractivity contribution is 5.98. The van der Waals surface area contributed by atoms with Crippen molar-refractivity contribution in [1.29, 1.82) is 0 Å². The third-order valence-corrected chi connectivity index (χ3v) is 3.21. The Kier molecular flexibility index (Phi) is 4.81. The molecule has 0 aliphatic rings. The Morgan fingerprint density at radius 1 is 1.38 bits per heavy atom. The van der Waals surface area contributed by atoms with E-state index in [1.807, 2.05) is 6.92 Å². The van der Waals surface area contributed by atoms with Crippen molar-refractivity contribution in [2.24, 2.45) is 0 Å². The predicted octanol–water partition coefficient (Wildman–Crippen LogP) is 2.31. The highest BCUT2D eigenvalue weighted by Gasteiger charge is 2.20. The zero-order chi connectivity index (χ0) is 15.2. The molecule has 2 rings (SSSR count). The number of aromatic nitrogens is 2. The lowest BCUT2D eigenvalue weighted by atomic mass is 10.1. The summed E-state index contributed by atoms with van der Waals surface area (Å²) in [6, 6.07) is 5.03. The first-order valence-corrected chi connectivity index (χ1v) is 6.72. The van der Waals surface area contributed by atoms with Gasteiger partial charge in [0.1, 0.15) is 5.82 Å². The van der Waals surface area contributed by atoms with Crippen molar-refractivity contribution in [2.75, 3.05) is 14.2 Å². The van der Waals surface area contributed by atoms with Crippen LogP contribution < -0.4 is 14.8 Å². The predicted molar refractivity (Wildman–Crippen MR) is 78.6 cm³/mol. The number of aromatic amines is 1. The van der Waals surface area contributed by atoms with Gasteiger partial charge in [0.05, 0.1) is 25.8 Å². The molecular weight excluding hydrogens is 270 g/mol. The van der Waals surface area contributed by atoms with E-state index in [-0.39, 0.29) is 11.9 Å². The van der Waals surface area contributed by atoms with Gasteiger partial charge >= 0.3 is 0 Å². The maximum Gasteiger partial charge on any atom is 0.255 e. The van der Waals surface area contributed by atoms with Crippen molar-refractivity contribution in [3.63, 3.8) is 0 Å². The first-order chi connectivity index (χ1) is 10.2. The van der Waals surface area contributed by atoms with E-state index in [4.69, 9.17) is 9.47 Å². The Hall–Kier alpha value is -2.50. The summed E-state index contributed by atoms with van der Waals surface area (Å²) < 4.78 is 10.5. The summed E-state index contributed by atoms with van der Waals surface area (Å²) in [5.74, 6) is 1.45. The van der Waals surface area contributed by atoms with E-state index in [0.717, 1.165) is 12.2 Å². The SMILES string of the molecule is CCC(NC(=O)c1cccc(OC)c1OC)c1ncc[nH]1. The molecule has 1 atom stereocenters. The number of hydrogen-bond acceptors (Lipinski definition) is 4. The molecule has 1 aromatic heterocycles. The summed E-state index contributed by atoms with van der Waals surface area (Å²) >= 11 is 0. The molecule has 0 radical (unpaired) electrons. The minimum absolute atomic E-state index is 0.177. The van der Waals surface area contributed by atoms with Crippen LogP contribution in [0.25, 0.3) is 0 Å². The zero-order valence-corrected chi connectivity index (χ0v) is 12.3. The molecule has 0 aliphatic carbocycles. The van der Waals surface area contributed by atoms with Crippen LogP contribution in [-0.2, 0) is 0 Å². The van der Waals surface area contributed by atoms with Crippen molar-refractivity contribution in [3.05, 3.63) is 42.0 Å². The van der Waals surface area contributed by atoms with Gasteiger partial charge in [0.2, 0.25) is 0 Å². The Labute approximate surface area is 123 Å². The maximum atomic E-state index is 12.5. The average molecular weight is 289 g/mol. The van der Waals surface area contributed by atoms with E-state index < -0.39 is 0 Å². The standard InChI is InChI=1S/C15H19N3O3/c1-4-11(14-16-8-9-17-14)18-15(19)10-6-5-7-12(20-2)13(10)21-3/h5-9,11H,4H2,1-3H3,(H,16,17)(H,18,19). The van der Waals surface area contributed by atoms with Crippen molar-refractivity contribution >= 4 is 5.91 Å². The maximum absolute atomic E-state index is 12.5. The summed E-state index contributed by atoms with van der Waals surface area (Å²) in [6.45, 7) is 1.98. The fraction of sp³-hybridized carbons (Fsp3) is 0.333. The second-order valence-electron chi connectivity index (χ2n) is 4.45. The number of ether oxygens (including phenoxy) is 2. The molecule has 1 amide bonds. The summed E-state index contributed by atoms with van der Waals surface area (Å²) in [6.07, 6.45) is 4.12. The number of hydrogen-bond donors (Lipinski definition) is 2. The Morgan fingerprint density at radius 3 is 2.76 bits per heavy atom. The summed E-state index contributed by atoms with van der Waals surface area (Å²) in [5.41, 5.74) is 0.432. The molecule has 0 saturated carbocycles. The van der Waals surface area contributed by atoms with Crippen LogP contribution in [-0.4, -0.2) is 30.1 Å². The molecule has 6 nitrogen and oxygen atoms in total. The molecule has 1 aromatic carbocycles. The first kappa shape index (κ1) is 14.9. The number of imidazole rings is 1. The van der Waals surface area contributed by atoms with Crippen LogP contribution in [0.2, 0.25) is 0 Å². The smallest absolute Gasteiger partial charge is 0.255 e. The van der Waals surface area contributed by atoms with Gasteiger partial charge in [-0.05, 0) is 18.6 Å². The minimum Gasteiger partial charge on any atom is -0.493 e. The van der Waals surface area contributed by atoms with Gasteiger partial charge in [-0.3, -0.25) is 4.79 Å². The van der Waals surface area contributed by atoms with Gasteiger partial charge < -0.3 is 19.8 Å². The molecule has 1 heterocycles. The lowest BCUT2D eigenvalue weighted by Gasteiger charge is -2.17. The number of methoxy groups -OCH3 is 2. The molecule has 0 spiro atoms. The van der Waals surface area contributed by atoms with Gasteiger partial charge in [-0.2, -0.15) is 0 Å². The summed E-state index contributed by atoms with van der Waals surface area (Å²) in [5, 5.41) is 2.94. The Bertz CT molecular complexity index is 596. The van der Waals surface area contributed by atoms with E-state index in [0.29, 0.717) is 17.1 Å². The second-order valence-corrected chi connectivity index (χ2v) is 4.45. The van der Waals surface area contributed by atoms with E-state index >= 15 is 0 Å². The molecule has 2 N–H and O–H groups in total. The average Bonchev–Trinajstić information content (AvgIpc) is 3.05. The molecule has 2 aromatic rings. The van der Waals surface area contributed by atoms with Crippen LogP contribution in [0.4, 0.5) is 0 Å². The lowest BCUT2D eigenvalue weighted by Crippen LogP contribution is -2.29. The lowest BCUT2D eigenvalue weighted by molar-refractivity contribution is 0.0930. The number of nitrogens with zero attached hydrogens (tertiary/aromatic N) is 1. The van der Waals surface area contributed by atoms with E-state index in [1.165, 1.54) is 14.2 Å². The fourth-order valence-electron chi connectivity index (χ4n) is 2.13. The van der Waals surface area contributed by atoms with Gasteiger partial charge in [0, 0.05) is 12.4 Å². The van der Waals surface area contributed by atoms with Crippen LogP contribution in [0.1, 0.15) is 35.6 Å². The van der Waals surface area contributed by atoms with E-state index in [2.05, 4.69) is 15.3 Å². The molecule has 0 fully saturated rings. The topological polar surface area (TPSA) is 76.2 Å². The number of H-pyrrole nitrogens is 1. The van der Waals surface area contributed by atoms with Crippen molar-refractivity contribution in [2.45, 2.75) is 19.4 Å². The van der Waals surface area contributed by atoms with Crippen molar-refractivity contribution in [3.8, 4) is 11.5 Å². The van der Waals surface area contributed by atoms with Gasteiger partial charge in [-0.25, -0.2) is 4.98 Å². The van der Waals surface area contributed by atoms with Crippen LogP contribution in [0, 0.1) is 0 Å². The molecule has 0 bridgehead atoms. The molecule has 6 heteroatoms. The minimum atomic E-state index is -0.228. The highest BCUT2D eigenvalue weighted by Crippen LogP contribution is 2.31. The van der Waals surface area contributed by atoms with Gasteiger partial charge in [-0.15, -0.1) is 0 Å². The molecular formula is C15H19N3O3. The van der Waals surface area contributed by atoms with Crippen molar-refractivity contribution in [1.82, 2.24) is 15.3 Å². The molecule has 1 unspecified atom stereocenters. The number of amides is 1. The number of benzene rings is 1. The number of carbonyl (C=O) groups is 1. The van der Waals surface area contributed by atoms with Gasteiger partial charge in [0.25, 0.3) is 5.91 Å². The van der Waals surface area contributed by atoms with E-state index in [9.17, 15) is 4.79 Å². The zero-order valence-electron chi connectivity index (χ0n) is 12.3. The van der Waals surface area contributed by atoms with Crippen molar-refractivity contribution < 1.29 is 14.3 Å². The Morgan fingerprint density at radius 2 is 2.19 bits per heavy atom. The van der Waals surface area contributed by atoms with Crippen LogP contribution in [0.3, 0.4) is 0 Å². The fourth-order valence-corrected chi connectivity index (χ4v) is 2.13. The number of rotatable bonds is 6. The van der Waals surface area contributed by atoms with Crippen LogP contribution in [0.5, 0.6) is 11.5 Å². The van der Waals surface area contributed by atoms with Crippen LogP contribution in [0.15, 0.2) is 30.6 Å². The molecule has 0 saturated heterocycles. The molecule has 112 valence electrons. The Balaban J connectivity index is 2.24. The molecule has 0 aliphatic heterocycles. The third-order valence-electron chi connectivity index (χ3n) is 3.21. The second kappa shape index (κ2) is 6.78. The number of nitrogens with one attached hydrogen (secondary N) is 2. The van der Waals surface area contributed by atoms with E-state index in [1.54, 1.807) is 30.6 Å². The highest BCUT2D eigenvalue weighted by atomic mass is 16.5. The third kappa shape index (κ3) is 3.16. The van der Waals surface area contributed by atoms with Gasteiger partial charge in [0.15, 0.2) is 11.5 Å². The normalized spacial score (nSPS) is 11.8. The number of para-hydroxylation sites is 1. The quantitative estimate of drug-likeness (QED) is 0.855. The molecule has 21 heavy (non-hydrogen) atoms. The monoisotopic (exact) mass is 289 g/mol. The first-order valence-electron chi connectivity index (χ1n) is 6.72. The summed E-state index contributed by atoms with van der Waals surface area (Å²) in [7, 11) is 3.05.